The van der Waals surface area contributed by atoms with E-state index in [4.69, 9.17) is 0 Å². The lowest BCUT2D eigenvalue weighted by molar-refractivity contribution is -0.141. The summed E-state index contributed by atoms with van der Waals surface area (Å²) in [5.74, 6) is -18.3. The van der Waals surface area contributed by atoms with Gasteiger partial charge < -0.3 is 67.2 Å². The predicted octanol–water partition coefficient (Wildman–Crippen LogP) is 10.6. The summed E-state index contributed by atoms with van der Waals surface area (Å²) in [5, 5.41) is 104. The van der Waals surface area contributed by atoms with Crippen molar-refractivity contribution in [1.29, 1.82) is 0 Å². The number of nitrogens with zero attached hydrogens (tertiary/aromatic N) is 2. The second-order valence-electron chi connectivity index (χ2n) is 30.2. The van der Waals surface area contributed by atoms with Gasteiger partial charge in [0.05, 0.1) is 0 Å². The number of carbonyl (C=O) groups excluding carboxylic acids is 8. The van der Waals surface area contributed by atoms with Crippen LogP contribution in [0.5, 0.6) is 0 Å². The lowest BCUT2D eigenvalue weighted by atomic mass is 9.80. The molecule has 612 valence electrons. The molecule has 2 aliphatic rings. The number of nitrogens with one attached hydrogen (secondary N) is 4. The highest BCUT2D eigenvalue weighted by Gasteiger charge is 2.43. The zero-order valence-electron chi connectivity index (χ0n) is 63.7. The molecule has 5 aromatic carbocycles. The molecule has 0 unspecified atom stereocenters. The molecule has 5 aromatic rings. The van der Waals surface area contributed by atoms with Crippen molar-refractivity contribution >= 4 is 144 Å². The van der Waals surface area contributed by atoms with E-state index in [0.29, 0.717) is 67.1 Å². The van der Waals surface area contributed by atoms with Gasteiger partial charge in [0.15, 0.2) is 0 Å². The minimum atomic E-state index is -1.98. The van der Waals surface area contributed by atoms with E-state index >= 15 is 0 Å². The molecule has 113 heavy (non-hydrogen) atoms. The quantitative estimate of drug-likeness (QED) is 0.00744. The van der Waals surface area contributed by atoms with Crippen LogP contribution in [-0.4, -0.2) is 191 Å². The molecule has 0 bridgehead atoms. The average molecular weight is 1580 g/mol. The number of hydrogen-bond acceptors (Lipinski definition) is 17. The van der Waals surface area contributed by atoms with Crippen LogP contribution in [0, 0.1) is 0 Å². The van der Waals surface area contributed by atoms with E-state index in [9.17, 15) is 127 Å². The van der Waals surface area contributed by atoms with Crippen LogP contribution in [0.4, 0.5) is 0 Å². The maximum absolute atomic E-state index is 14.8. The Kier molecular flexibility index (Phi) is 31.7. The zero-order chi connectivity index (χ0) is 83.1. The highest BCUT2D eigenvalue weighted by Crippen LogP contribution is 2.47. The van der Waals surface area contributed by atoms with Gasteiger partial charge in [0, 0.05) is 151 Å². The molecule has 0 saturated carbocycles. The molecular formula is C81H102N6O26. The molecule has 0 aliphatic carbocycles. The largest absolute Gasteiger partial charge is 0.481 e. The first-order valence-corrected chi connectivity index (χ1v) is 38.7. The molecule has 32 nitrogen and oxygen atoms in total. The summed E-state index contributed by atoms with van der Waals surface area (Å²) in [4.78, 5) is 228. The van der Waals surface area contributed by atoms with E-state index in [2.05, 4.69) is 35.1 Å². The number of fused-ring (bicyclic) bond motifs is 2. The lowest BCUT2D eigenvalue weighted by Crippen LogP contribution is -2.54. The smallest absolute Gasteiger partial charge is 0.303 e. The Hall–Kier alpha value is -11.2. The number of carboxylic acid groups (broad SMARTS) is 9. The molecule has 0 radical (unpaired) electrons. The number of hydrogen-bond donors (Lipinski definition) is 13. The topological polar surface area (TPSA) is 527 Å². The molecule has 0 saturated heterocycles. The summed E-state index contributed by atoms with van der Waals surface area (Å²) in [5.41, 5.74) is -6.12. The zero-order valence-corrected chi connectivity index (χ0v) is 63.7. The van der Waals surface area contributed by atoms with Crippen LogP contribution in [0.2, 0.25) is 0 Å². The molecule has 32 heteroatoms. The van der Waals surface area contributed by atoms with Gasteiger partial charge >= 0.3 is 53.7 Å². The molecule has 0 atom stereocenters. The van der Waals surface area contributed by atoms with Gasteiger partial charge in [-0.3, -0.25) is 91.3 Å². The molecule has 2 heterocycles. The third-order valence-electron chi connectivity index (χ3n) is 22.2. The van der Waals surface area contributed by atoms with Crippen LogP contribution in [0.1, 0.15) is 286 Å². The van der Waals surface area contributed by atoms with Crippen LogP contribution >= 0.6 is 0 Å². The van der Waals surface area contributed by atoms with Gasteiger partial charge in [-0.2, -0.15) is 0 Å². The predicted molar refractivity (Wildman–Crippen MR) is 407 cm³/mol. The molecule has 2 aliphatic heterocycles. The third-order valence-corrected chi connectivity index (χ3v) is 22.2. The molecule has 8 amide bonds. The minimum Gasteiger partial charge on any atom is -0.481 e. The van der Waals surface area contributed by atoms with E-state index in [1.807, 2.05) is 12.1 Å². The average Bonchev–Trinajstić information content (AvgIpc) is 0.690. The fourth-order valence-electron chi connectivity index (χ4n) is 16.1. The van der Waals surface area contributed by atoms with Gasteiger partial charge in [-0.15, -0.1) is 0 Å². The monoisotopic (exact) mass is 1570 g/mol. The maximum atomic E-state index is 14.8. The van der Waals surface area contributed by atoms with Gasteiger partial charge in [0.2, 0.25) is 23.6 Å². The fraction of sp³-hybridized carbons (Fsp3) is 0.543. The van der Waals surface area contributed by atoms with E-state index in [-0.39, 0.29) is 61.2 Å². The molecule has 0 aromatic heterocycles. The van der Waals surface area contributed by atoms with Crippen molar-refractivity contribution in [3.8, 4) is 0 Å². The van der Waals surface area contributed by atoms with Gasteiger partial charge in [-0.1, -0.05) is 83.1 Å². The second kappa shape index (κ2) is 40.3. The van der Waals surface area contributed by atoms with Crippen molar-refractivity contribution < 1.29 is 127 Å². The van der Waals surface area contributed by atoms with Crippen LogP contribution in [0.15, 0.2) is 48.5 Å². The summed E-state index contributed by atoms with van der Waals surface area (Å²) < 4.78 is 0. The first-order chi connectivity index (χ1) is 53.5. The number of carboxylic acids is 9. The highest BCUT2D eigenvalue weighted by atomic mass is 16.4. The van der Waals surface area contributed by atoms with Gasteiger partial charge in [0.1, 0.15) is 0 Å². The summed E-state index contributed by atoms with van der Waals surface area (Å²) in [7, 11) is 0. The highest BCUT2D eigenvalue weighted by molar-refractivity contribution is 6.41. The Labute approximate surface area is 650 Å². The first kappa shape index (κ1) is 89.0. The summed E-state index contributed by atoms with van der Waals surface area (Å²) >= 11 is 0. The Balaban J connectivity index is 1.20. The Morgan fingerprint density at radius 1 is 0.292 bits per heavy atom. The number of rotatable bonds is 55. The number of benzene rings is 5. The third kappa shape index (κ3) is 23.9. The lowest BCUT2D eigenvalue weighted by Gasteiger charge is -2.39. The van der Waals surface area contributed by atoms with Crippen LogP contribution in [-0.2, 0) is 62.3 Å². The number of carbonyl (C=O) groups is 17. The fourth-order valence-corrected chi connectivity index (χ4v) is 16.1. The summed E-state index contributed by atoms with van der Waals surface area (Å²) in [6.45, 7) is 4.05. The summed E-state index contributed by atoms with van der Waals surface area (Å²) in [6.07, 6.45) is -7.55. The normalized spacial score (nSPS) is 13.1. The van der Waals surface area contributed by atoms with Crippen molar-refractivity contribution in [2.75, 3.05) is 6.54 Å². The Morgan fingerprint density at radius 3 is 0.779 bits per heavy atom. The van der Waals surface area contributed by atoms with Crippen LogP contribution < -0.4 is 21.3 Å². The first-order valence-electron chi connectivity index (χ1n) is 38.7. The van der Waals surface area contributed by atoms with Crippen molar-refractivity contribution in [1.82, 2.24) is 31.1 Å². The van der Waals surface area contributed by atoms with E-state index in [0.717, 1.165) is 43.4 Å². The minimum absolute atomic E-state index is 0.0122. The molecule has 13 N–H and O–H groups in total. The van der Waals surface area contributed by atoms with Crippen molar-refractivity contribution in [2.24, 2.45) is 0 Å². The second-order valence-corrected chi connectivity index (χ2v) is 30.2. The van der Waals surface area contributed by atoms with Gasteiger partial charge in [-0.05, 0) is 159 Å². The van der Waals surface area contributed by atoms with Crippen molar-refractivity contribution in [3.05, 3.63) is 70.8 Å². The maximum Gasteiger partial charge on any atom is 0.303 e. The standard InChI is InChI=1S/C81H102N6O26/c1-3-5-8-12-48(13-9-6-4-2)87-76(112)55-21-17-51-49-15-19-53-72-54(20-16-50(70(49)72)52-18-22-56(77(87)113)73(55)71(51)52)75(111)86(74(53)110)47-11-7-10-14-57(88)82-78(35-23-58(89)83-79(38-26-61(92)93,39-27-62(94)95)40-28-63(96)97,36-24-59(90)84-80(41-29-64(98)99,42-30-65(100)101)43-31-66(102)103)37-25-60(91)85-81(44-32-67(104)105,45-33-68(106)107)46-34-69(108)109/h15-22,48H,3-14,23-47H2,1-2H3,(H,82,88)(H,83,89)(H,84,90)(H,85,91)(H,92,93)(H,94,95)(H,96,97)(H,98,99)(H,100,101)(H,102,103)(H,104,105)(H,106,107)(H,108,109). The van der Waals surface area contributed by atoms with Crippen LogP contribution in [0.3, 0.4) is 0 Å². The number of imide groups is 2. The molecule has 7 rings (SSSR count). The van der Waals surface area contributed by atoms with E-state index in [1.165, 1.54) is 4.90 Å². The summed E-state index contributed by atoms with van der Waals surface area (Å²) in [6, 6.07) is 13.8. The Bertz CT molecular complexity index is 4010. The SMILES string of the molecule is CCCCCC(CCCCC)N1C(=O)c2ccc3c4ccc5c6c(ccc(c7ccc(c2c37)C1=O)c64)C(=O)N(CCCCCC(=O)NC(CCC(=O)NC(CCC(=O)O)(CCC(=O)O)CCC(=O)O)(CCC(=O)NC(CCC(=O)O)(CCC(=O)O)CCC(=O)O)CCC(=O)NC(CCC(=O)O)(CCC(=O)O)CCC(=O)O)C5=O. The number of unbranched alkanes of at least 4 members (excludes halogenated alkanes) is 6. The van der Waals surface area contributed by atoms with Crippen molar-refractivity contribution in [2.45, 2.75) is 273 Å². The molecule has 0 spiro atoms. The number of aliphatic carboxylic acids is 9. The van der Waals surface area contributed by atoms with E-state index in [1.54, 1.807) is 36.4 Å². The molecular weight excluding hydrogens is 1470 g/mol. The van der Waals surface area contributed by atoms with Gasteiger partial charge in [-0.25, -0.2) is 0 Å². The van der Waals surface area contributed by atoms with E-state index < -0.39 is 265 Å². The molecule has 0 fully saturated rings. The van der Waals surface area contributed by atoms with Crippen molar-refractivity contribution in [3.63, 3.8) is 0 Å². The van der Waals surface area contributed by atoms with Crippen LogP contribution in [0.25, 0.3) is 43.1 Å². The Morgan fingerprint density at radius 2 is 0.531 bits per heavy atom. The number of amides is 8. The van der Waals surface area contributed by atoms with Gasteiger partial charge in [0.25, 0.3) is 23.6 Å².